The number of anilines is 1. The molecular formula is C17H13BrN6O2S2. The Hall–Kier alpha value is -2.50. The van der Waals surface area contributed by atoms with Crippen LogP contribution >= 0.6 is 39.0 Å². The van der Waals surface area contributed by atoms with Gasteiger partial charge in [-0.05, 0) is 40.8 Å². The number of fused-ring (bicyclic) bond motifs is 1. The summed E-state index contributed by atoms with van der Waals surface area (Å²) in [6.07, 6.45) is 0. The molecule has 4 aromatic rings. The van der Waals surface area contributed by atoms with E-state index in [1.165, 1.54) is 23.1 Å². The van der Waals surface area contributed by atoms with Gasteiger partial charge >= 0.3 is 0 Å². The second kappa shape index (κ2) is 8.25. The lowest BCUT2D eigenvalue weighted by Crippen LogP contribution is -2.14. The Morgan fingerprint density at radius 3 is 3.04 bits per heavy atom. The predicted octanol–water partition coefficient (Wildman–Crippen LogP) is 3.77. The summed E-state index contributed by atoms with van der Waals surface area (Å²) in [5.41, 5.74) is 1.55. The van der Waals surface area contributed by atoms with E-state index in [-0.39, 0.29) is 11.7 Å². The molecule has 8 nitrogen and oxygen atoms in total. The highest BCUT2D eigenvalue weighted by atomic mass is 79.9. The number of hydrogen-bond acceptors (Lipinski definition) is 8. The summed E-state index contributed by atoms with van der Waals surface area (Å²) in [5, 5.41) is 15.6. The second-order valence-electron chi connectivity index (χ2n) is 5.51. The number of thioether (sulfide) groups is 1. The van der Waals surface area contributed by atoms with Crippen LogP contribution in [-0.2, 0) is 4.79 Å². The number of nitrogens with zero attached hydrogens (tertiary/aromatic N) is 5. The number of methoxy groups -OCH3 is 1. The van der Waals surface area contributed by atoms with Crippen molar-refractivity contribution in [3.63, 3.8) is 0 Å². The summed E-state index contributed by atoms with van der Waals surface area (Å²) in [7, 11) is 1.58. The first-order chi connectivity index (χ1) is 13.6. The summed E-state index contributed by atoms with van der Waals surface area (Å²) in [6, 6.07) is 13.2. The first-order valence-electron chi connectivity index (χ1n) is 8.04. The van der Waals surface area contributed by atoms with E-state index in [4.69, 9.17) is 4.74 Å². The number of rotatable bonds is 6. The van der Waals surface area contributed by atoms with E-state index in [1.807, 2.05) is 42.5 Å². The molecule has 0 saturated heterocycles. The van der Waals surface area contributed by atoms with Crippen molar-refractivity contribution in [2.24, 2.45) is 0 Å². The molecular weight excluding hydrogens is 464 g/mol. The SMILES string of the molecule is COc1ccccc1-n1nnnc1SCC(=O)Nc1nc2ccc(Br)cc2s1. The molecule has 142 valence electrons. The van der Waals surface area contributed by atoms with Crippen LogP contribution in [0.25, 0.3) is 15.9 Å². The maximum absolute atomic E-state index is 12.3. The molecule has 4 rings (SSSR count). The van der Waals surface area contributed by atoms with Gasteiger partial charge in [0.25, 0.3) is 0 Å². The van der Waals surface area contributed by atoms with Crippen molar-refractivity contribution in [2.75, 3.05) is 18.2 Å². The van der Waals surface area contributed by atoms with Crippen molar-refractivity contribution in [3.8, 4) is 11.4 Å². The molecule has 0 spiro atoms. The number of halogens is 1. The molecule has 0 unspecified atom stereocenters. The van der Waals surface area contributed by atoms with Gasteiger partial charge in [0.1, 0.15) is 11.4 Å². The first-order valence-corrected chi connectivity index (χ1v) is 10.6. The summed E-state index contributed by atoms with van der Waals surface area (Å²) in [6.45, 7) is 0. The topological polar surface area (TPSA) is 94.8 Å². The van der Waals surface area contributed by atoms with Gasteiger partial charge in [0.15, 0.2) is 5.13 Å². The van der Waals surface area contributed by atoms with Crippen LogP contribution in [0.5, 0.6) is 5.75 Å². The third kappa shape index (κ3) is 4.01. The molecule has 0 saturated carbocycles. The van der Waals surface area contributed by atoms with E-state index in [0.717, 1.165) is 14.7 Å². The minimum atomic E-state index is -0.183. The molecule has 0 bridgehead atoms. The van der Waals surface area contributed by atoms with Gasteiger partial charge in [-0.1, -0.05) is 51.2 Å². The molecule has 0 aliphatic rings. The van der Waals surface area contributed by atoms with Crippen molar-refractivity contribution in [2.45, 2.75) is 5.16 Å². The van der Waals surface area contributed by atoms with Crippen LogP contribution in [0, 0.1) is 0 Å². The Kier molecular flexibility index (Phi) is 5.55. The Bertz CT molecular complexity index is 1150. The highest BCUT2D eigenvalue weighted by Crippen LogP contribution is 2.29. The number of tetrazole rings is 1. The smallest absolute Gasteiger partial charge is 0.236 e. The third-order valence-electron chi connectivity index (χ3n) is 3.68. The van der Waals surface area contributed by atoms with Gasteiger partial charge in [-0.15, -0.1) is 5.10 Å². The van der Waals surface area contributed by atoms with Gasteiger partial charge in [-0.2, -0.15) is 4.68 Å². The number of carbonyl (C=O) groups excluding carboxylic acids is 1. The molecule has 1 amide bonds. The minimum Gasteiger partial charge on any atom is -0.494 e. The Morgan fingerprint density at radius 2 is 2.18 bits per heavy atom. The summed E-state index contributed by atoms with van der Waals surface area (Å²) in [4.78, 5) is 16.8. The second-order valence-corrected chi connectivity index (χ2v) is 8.40. The molecule has 0 aliphatic heterocycles. The van der Waals surface area contributed by atoms with Crippen LogP contribution in [0.15, 0.2) is 52.1 Å². The number of hydrogen-bond donors (Lipinski definition) is 1. The van der Waals surface area contributed by atoms with Gasteiger partial charge in [-0.3, -0.25) is 4.79 Å². The van der Waals surface area contributed by atoms with Crippen molar-refractivity contribution in [1.29, 1.82) is 0 Å². The predicted molar refractivity (Wildman–Crippen MR) is 112 cm³/mol. The molecule has 0 radical (unpaired) electrons. The molecule has 2 heterocycles. The van der Waals surface area contributed by atoms with E-state index >= 15 is 0 Å². The molecule has 2 aromatic carbocycles. The molecule has 11 heteroatoms. The quantitative estimate of drug-likeness (QED) is 0.423. The van der Waals surface area contributed by atoms with Crippen LogP contribution < -0.4 is 10.1 Å². The number of nitrogens with one attached hydrogen (secondary N) is 1. The van der Waals surface area contributed by atoms with Crippen molar-refractivity contribution < 1.29 is 9.53 Å². The fourth-order valence-electron chi connectivity index (χ4n) is 2.46. The largest absolute Gasteiger partial charge is 0.494 e. The molecule has 28 heavy (non-hydrogen) atoms. The fourth-order valence-corrected chi connectivity index (χ4v) is 4.58. The standard InChI is InChI=1S/C17H13BrN6O2S2/c1-26-13-5-3-2-4-12(13)24-17(21-22-23-24)27-9-15(25)20-16-19-11-7-6-10(18)8-14(11)28-16/h2-8H,9H2,1H3,(H,19,20,25). The highest BCUT2D eigenvalue weighted by molar-refractivity contribution is 9.10. The first kappa shape index (κ1) is 18.8. The number of amides is 1. The van der Waals surface area contributed by atoms with Gasteiger partial charge in [0.05, 0.1) is 23.1 Å². The number of carbonyl (C=O) groups is 1. The summed E-state index contributed by atoms with van der Waals surface area (Å²) < 4.78 is 8.87. The van der Waals surface area contributed by atoms with Crippen molar-refractivity contribution >= 4 is 60.3 Å². The molecule has 1 N–H and O–H groups in total. The number of thiazole rings is 1. The van der Waals surface area contributed by atoms with Crippen molar-refractivity contribution in [3.05, 3.63) is 46.9 Å². The lowest BCUT2D eigenvalue weighted by Gasteiger charge is -2.08. The molecule has 0 atom stereocenters. The van der Waals surface area contributed by atoms with Gasteiger partial charge < -0.3 is 10.1 Å². The van der Waals surface area contributed by atoms with Crippen LogP contribution in [0.2, 0.25) is 0 Å². The minimum absolute atomic E-state index is 0.148. The van der Waals surface area contributed by atoms with Gasteiger partial charge in [0, 0.05) is 4.47 Å². The summed E-state index contributed by atoms with van der Waals surface area (Å²) >= 11 is 6.09. The number of aromatic nitrogens is 5. The highest BCUT2D eigenvalue weighted by Gasteiger charge is 2.15. The maximum atomic E-state index is 12.3. The van der Waals surface area contributed by atoms with E-state index in [1.54, 1.807) is 11.8 Å². The fraction of sp³-hybridized carbons (Fsp3) is 0.118. The molecule has 0 fully saturated rings. The maximum Gasteiger partial charge on any atom is 0.236 e. The average molecular weight is 477 g/mol. The third-order valence-corrected chi connectivity index (χ3v) is 6.03. The normalized spacial score (nSPS) is 10.9. The van der Waals surface area contributed by atoms with Crippen molar-refractivity contribution in [1.82, 2.24) is 25.2 Å². The Balaban J connectivity index is 1.45. The van der Waals surface area contributed by atoms with E-state index in [0.29, 0.717) is 21.7 Å². The summed E-state index contributed by atoms with van der Waals surface area (Å²) in [5.74, 6) is 0.606. The number of para-hydroxylation sites is 2. The zero-order valence-corrected chi connectivity index (χ0v) is 17.7. The monoisotopic (exact) mass is 476 g/mol. The zero-order chi connectivity index (χ0) is 19.5. The van der Waals surface area contributed by atoms with E-state index < -0.39 is 0 Å². The molecule has 0 aliphatic carbocycles. The molecule has 2 aromatic heterocycles. The lowest BCUT2D eigenvalue weighted by molar-refractivity contribution is -0.113. The lowest BCUT2D eigenvalue weighted by atomic mass is 10.3. The van der Waals surface area contributed by atoms with Crippen LogP contribution in [0.4, 0.5) is 5.13 Å². The Morgan fingerprint density at radius 1 is 1.32 bits per heavy atom. The zero-order valence-electron chi connectivity index (χ0n) is 14.5. The van der Waals surface area contributed by atoms with Crippen LogP contribution in [0.1, 0.15) is 0 Å². The van der Waals surface area contributed by atoms with Gasteiger partial charge in [0.2, 0.25) is 11.1 Å². The average Bonchev–Trinajstić information content (AvgIpc) is 3.32. The van der Waals surface area contributed by atoms with Crippen LogP contribution in [-0.4, -0.2) is 44.0 Å². The Labute approximate surface area is 176 Å². The van der Waals surface area contributed by atoms with Crippen LogP contribution in [0.3, 0.4) is 0 Å². The number of benzene rings is 2. The number of ether oxygens (including phenoxy) is 1. The van der Waals surface area contributed by atoms with Gasteiger partial charge in [-0.25, -0.2) is 4.98 Å². The van der Waals surface area contributed by atoms with E-state index in [2.05, 4.69) is 41.8 Å². The van der Waals surface area contributed by atoms with E-state index in [9.17, 15) is 4.79 Å².